The molecule has 0 saturated heterocycles. The number of rotatable bonds is 3. The molecule has 0 aliphatic carbocycles. The minimum atomic E-state index is -0.588. The second kappa shape index (κ2) is 7.25. The molecule has 1 aromatic carbocycles. The van der Waals surface area contributed by atoms with Crippen LogP contribution in [0.15, 0.2) is 58.9 Å². The Labute approximate surface area is 155 Å². The van der Waals surface area contributed by atoms with Crippen LogP contribution in [0.3, 0.4) is 0 Å². The molecule has 2 heterocycles. The summed E-state index contributed by atoms with van der Waals surface area (Å²) in [4.78, 5) is 21.2. The van der Waals surface area contributed by atoms with E-state index in [9.17, 15) is 4.79 Å². The summed E-state index contributed by atoms with van der Waals surface area (Å²) in [5.41, 5.74) is 2.38. The van der Waals surface area contributed by atoms with E-state index in [1.807, 2.05) is 18.2 Å². The Bertz CT molecular complexity index is 876. The maximum absolute atomic E-state index is 12.3. The molecule has 1 unspecified atom stereocenters. The van der Waals surface area contributed by atoms with Crippen molar-refractivity contribution in [1.29, 1.82) is 0 Å². The van der Waals surface area contributed by atoms with Crippen molar-refractivity contribution in [2.45, 2.75) is 13.0 Å². The molecule has 1 aliphatic rings. The first kappa shape index (κ1) is 17.5. The number of carbonyl (C=O) groups excluding carboxylic acids is 1. The summed E-state index contributed by atoms with van der Waals surface area (Å²) in [5.74, 6) is 0.0773. The fourth-order valence-corrected chi connectivity index (χ4v) is 2.97. The lowest BCUT2D eigenvalue weighted by Gasteiger charge is -2.26. The molecule has 0 radical (unpaired) electrons. The van der Waals surface area contributed by atoms with Gasteiger partial charge in [-0.3, -0.25) is 9.98 Å². The first-order valence-corrected chi connectivity index (χ1v) is 8.27. The van der Waals surface area contributed by atoms with Crippen LogP contribution in [0.4, 0.5) is 0 Å². The molecule has 3 rings (SSSR count). The van der Waals surface area contributed by atoms with E-state index in [1.54, 1.807) is 31.3 Å². The Morgan fingerprint density at radius 1 is 1.20 bits per heavy atom. The van der Waals surface area contributed by atoms with E-state index in [2.05, 4.69) is 15.3 Å². The predicted octanol–water partition coefficient (Wildman–Crippen LogP) is 3.93. The van der Waals surface area contributed by atoms with Crippen molar-refractivity contribution in [1.82, 2.24) is 10.3 Å². The SMILES string of the molecule is COC(=O)C1=C(C)NC(c2ccc(Cl)cn2)=NC1c1ccccc1Cl. The van der Waals surface area contributed by atoms with Crippen LogP contribution in [-0.2, 0) is 9.53 Å². The molecule has 0 saturated carbocycles. The summed E-state index contributed by atoms with van der Waals surface area (Å²) in [6, 6.07) is 10.2. The Morgan fingerprint density at radius 2 is 1.96 bits per heavy atom. The number of aliphatic imine (C=N–C) groups is 1. The number of methoxy groups -OCH3 is 1. The third-order valence-electron chi connectivity index (χ3n) is 3.82. The highest BCUT2D eigenvalue weighted by Gasteiger charge is 2.31. The summed E-state index contributed by atoms with van der Waals surface area (Å²) in [6.07, 6.45) is 1.54. The van der Waals surface area contributed by atoms with Crippen LogP contribution in [0, 0.1) is 0 Å². The van der Waals surface area contributed by atoms with E-state index in [4.69, 9.17) is 27.9 Å². The molecule has 1 atom stereocenters. The van der Waals surface area contributed by atoms with Gasteiger partial charge in [0.2, 0.25) is 0 Å². The van der Waals surface area contributed by atoms with E-state index in [1.165, 1.54) is 7.11 Å². The van der Waals surface area contributed by atoms with E-state index < -0.39 is 12.0 Å². The Morgan fingerprint density at radius 3 is 2.60 bits per heavy atom. The number of pyridine rings is 1. The molecular formula is C18H15Cl2N3O2. The number of aromatic nitrogens is 1. The van der Waals surface area contributed by atoms with Gasteiger partial charge in [-0.05, 0) is 25.1 Å². The Hall–Kier alpha value is -2.37. The minimum Gasteiger partial charge on any atom is -0.466 e. The van der Waals surface area contributed by atoms with Gasteiger partial charge in [-0.15, -0.1) is 0 Å². The summed E-state index contributed by atoms with van der Waals surface area (Å²) in [7, 11) is 1.34. The van der Waals surface area contributed by atoms with Crippen LogP contribution in [0.2, 0.25) is 10.0 Å². The average Bonchev–Trinajstić information content (AvgIpc) is 2.61. The van der Waals surface area contributed by atoms with Gasteiger partial charge < -0.3 is 10.1 Å². The summed E-state index contributed by atoms with van der Waals surface area (Å²) < 4.78 is 4.93. The highest BCUT2D eigenvalue weighted by molar-refractivity contribution is 6.31. The molecule has 1 aromatic heterocycles. The largest absolute Gasteiger partial charge is 0.466 e. The smallest absolute Gasteiger partial charge is 0.338 e. The lowest BCUT2D eigenvalue weighted by Crippen LogP contribution is -2.33. The number of hydrogen-bond acceptors (Lipinski definition) is 5. The third kappa shape index (κ3) is 3.52. The van der Waals surface area contributed by atoms with Crippen molar-refractivity contribution in [3.8, 4) is 0 Å². The lowest BCUT2D eigenvalue weighted by molar-refractivity contribution is -0.136. The van der Waals surface area contributed by atoms with Crippen molar-refractivity contribution >= 4 is 35.0 Å². The van der Waals surface area contributed by atoms with Gasteiger partial charge >= 0.3 is 5.97 Å². The number of allylic oxidation sites excluding steroid dienone is 1. The van der Waals surface area contributed by atoms with Crippen LogP contribution in [0.5, 0.6) is 0 Å². The second-order valence-corrected chi connectivity index (χ2v) is 6.26. The number of carbonyl (C=O) groups is 1. The van der Waals surface area contributed by atoms with Gasteiger partial charge in [0.15, 0.2) is 5.84 Å². The Kier molecular flexibility index (Phi) is 5.06. The molecule has 1 N–H and O–H groups in total. The van der Waals surface area contributed by atoms with Gasteiger partial charge in [0.1, 0.15) is 11.7 Å². The predicted molar refractivity (Wildman–Crippen MR) is 97.8 cm³/mol. The summed E-state index contributed by atoms with van der Waals surface area (Å²) in [5, 5.41) is 4.17. The van der Waals surface area contributed by atoms with Gasteiger partial charge in [0, 0.05) is 22.5 Å². The first-order valence-electron chi connectivity index (χ1n) is 7.51. The fraction of sp³-hybridized carbons (Fsp3) is 0.167. The molecule has 5 nitrogen and oxygen atoms in total. The molecular weight excluding hydrogens is 361 g/mol. The number of hydrogen-bond donors (Lipinski definition) is 1. The number of amidine groups is 1. The monoisotopic (exact) mass is 375 g/mol. The molecule has 1 aliphatic heterocycles. The normalized spacial score (nSPS) is 17.0. The number of nitrogens with one attached hydrogen (secondary N) is 1. The first-order chi connectivity index (χ1) is 12.0. The van der Waals surface area contributed by atoms with Gasteiger partial charge in [0.25, 0.3) is 0 Å². The maximum atomic E-state index is 12.3. The Balaban J connectivity index is 2.12. The zero-order valence-electron chi connectivity index (χ0n) is 13.6. The summed E-state index contributed by atoms with van der Waals surface area (Å²) in [6.45, 7) is 1.79. The van der Waals surface area contributed by atoms with Crippen molar-refractivity contribution in [2.24, 2.45) is 4.99 Å². The van der Waals surface area contributed by atoms with E-state index >= 15 is 0 Å². The fourth-order valence-electron chi connectivity index (χ4n) is 2.62. The number of halogens is 2. The molecule has 0 fully saturated rings. The van der Waals surface area contributed by atoms with E-state index in [-0.39, 0.29) is 0 Å². The van der Waals surface area contributed by atoms with Crippen LogP contribution in [-0.4, -0.2) is 23.9 Å². The van der Waals surface area contributed by atoms with Crippen LogP contribution in [0.25, 0.3) is 0 Å². The van der Waals surface area contributed by atoms with E-state index in [0.717, 1.165) is 5.56 Å². The second-order valence-electron chi connectivity index (χ2n) is 5.42. The third-order valence-corrected chi connectivity index (χ3v) is 4.38. The van der Waals surface area contributed by atoms with E-state index in [0.29, 0.717) is 32.8 Å². The van der Waals surface area contributed by atoms with Crippen LogP contribution < -0.4 is 5.32 Å². The zero-order chi connectivity index (χ0) is 18.0. The molecule has 25 heavy (non-hydrogen) atoms. The molecule has 2 aromatic rings. The topological polar surface area (TPSA) is 63.6 Å². The van der Waals surface area contributed by atoms with Crippen LogP contribution in [0.1, 0.15) is 24.2 Å². The number of benzene rings is 1. The van der Waals surface area contributed by atoms with Gasteiger partial charge in [-0.1, -0.05) is 41.4 Å². The molecule has 128 valence electrons. The molecule has 7 heteroatoms. The van der Waals surface area contributed by atoms with Crippen molar-refractivity contribution < 1.29 is 9.53 Å². The number of ether oxygens (including phenoxy) is 1. The number of nitrogens with zero attached hydrogens (tertiary/aromatic N) is 2. The van der Waals surface area contributed by atoms with Gasteiger partial charge in [0.05, 0.1) is 17.7 Å². The van der Waals surface area contributed by atoms with Crippen molar-refractivity contribution in [3.05, 3.63) is 75.2 Å². The average molecular weight is 376 g/mol. The minimum absolute atomic E-state index is 0.410. The highest BCUT2D eigenvalue weighted by atomic mass is 35.5. The molecule has 0 amide bonds. The van der Waals surface area contributed by atoms with Crippen molar-refractivity contribution in [3.63, 3.8) is 0 Å². The quantitative estimate of drug-likeness (QED) is 0.825. The number of esters is 1. The van der Waals surface area contributed by atoms with Gasteiger partial charge in [-0.2, -0.15) is 0 Å². The van der Waals surface area contributed by atoms with Gasteiger partial charge in [-0.25, -0.2) is 4.79 Å². The zero-order valence-corrected chi connectivity index (χ0v) is 15.1. The van der Waals surface area contributed by atoms with Crippen LogP contribution >= 0.6 is 23.2 Å². The standard InChI is InChI=1S/C18H15Cl2N3O2/c1-10-15(18(24)25-2)16(12-5-3-4-6-13(12)20)23-17(22-10)14-8-7-11(19)9-21-14/h3-9,16H,1-2H3,(H,22,23). The molecule has 0 bridgehead atoms. The summed E-state index contributed by atoms with van der Waals surface area (Å²) >= 11 is 12.2. The van der Waals surface area contributed by atoms with Crippen molar-refractivity contribution in [2.75, 3.05) is 7.11 Å². The maximum Gasteiger partial charge on any atom is 0.338 e. The lowest BCUT2D eigenvalue weighted by atomic mass is 9.95. The highest BCUT2D eigenvalue weighted by Crippen LogP contribution is 2.35. The molecule has 0 spiro atoms.